The first-order valence-electron chi connectivity index (χ1n) is 10.0. The molecule has 3 aromatic carbocycles. The average molecular weight is 400 g/mol. The molecule has 0 heterocycles. The molecule has 1 aliphatic rings. The first-order valence-corrected chi connectivity index (χ1v) is 10.0. The number of nitrogens with zero attached hydrogens (tertiary/aromatic N) is 1. The second-order valence-electron chi connectivity index (χ2n) is 7.35. The average Bonchev–Trinajstić information content (AvgIpc) is 3.54. The third-order valence-corrected chi connectivity index (χ3v) is 5.54. The van der Waals surface area contributed by atoms with Crippen LogP contribution in [-0.4, -0.2) is 23.8 Å². The minimum Gasteiger partial charge on any atom is -0.507 e. The van der Waals surface area contributed by atoms with Crippen LogP contribution < -0.4 is 10.2 Å². The summed E-state index contributed by atoms with van der Waals surface area (Å²) < 4.78 is 5.44. The third-order valence-electron chi connectivity index (χ3n) is 5.54. The van der Waals surface area contributed by atoms with Crippen LogP contribution in [0.2, 0.25) is 0 Å². The highest BCUT2D eigenvalue weighted by atomic mass is 16.5. The molecule has 1 unspecified atom stereocenters. The van der Waals surface area contributed by atoms with Gasteiger partial charge in [-0.1, -0.05) is 60.7 Å². The normalized spacial score (nSPS) is 16.9. The number of amides is 1. The Morgan fingerprint density at radius 2 is 1.73 bits per heavy atom. The Hall–Kier alpha value is -3.60. The van der Waals surface area contributed by atoms with Gasteiger partial charge in [-0.2, -0.15) is 5.10 Å². The molecule has 3 aromatic rings. The molecule has 1 atom stereocenters. The lowest BCUT2D eigenvalue weighted by Crippen LogP contribution is -2.25. The Kier molecular flexibility index (Phi) is 5.53. The summed E-state index contributed by atoms with van der Waals surface area (Å²) >= 11 is 0. The van der Waals surface area contributed by atoms with E-state index in [1.54, 1.807) is 18.2 Å². The van der Waals surface area contributed by atoms with Gasteiger partial charge in [-0.3, -0.25) is 4.79 Å². The Morgan fingerprint density at radius 3 is 2.33 bits per heavy atom. The summed E-state index contributed by atoms with van der Waals surface area (Å²) in [5, 5.41) is 14.1. The standard InChI is InChI=1S/C25H24N2O3/c1-2-30-21-13-14-23(28)18(15-21)17-26-27-24(29)22-16-25(22,19-9-5-3-6-10-19)20-11-7-4-8-12-20/h3-15,17,22,28H,2,16H2,1H3,(H,27,29)/b26-17+. The summed E-state index contributed by atoms with van der Waals surface area (Å²) in [5.41, 5.74) is 5.05. The van der Waals surface area contributed by atoms with Gasteiger partial charge in [0.05, 0.1) is 18.7 Å². The van der Waals surface area contributed by atoms with Crippen molar-refractivity contribution in [3.8, 4) is 11.5 Å². The van der Waals surface area contributed by atoms with Crippen molar-refractivity contribution in [1.29, 1.82) is 0 Å². The molecule has 0 radical (unpaired) electrons. The molecule has 1 saturated carbocycles. The monoisotopic (exact) mass is 400 g/mol. The van der Waals surface area contributed by atoms with Crippen LogP contribution >= 0.6 is 0 Å². The molecule has 2 N–H and O–H groups in total. The molecule has 5 heteroatoms. The summed E-state index contributed by atoms with van der Waals surface area (Å²) in [4.78, 5) is 12.9. The molecule has 0 bridgehead atoms. The predicted octanol–water partition coefficient (Wildman–Crippen LogP) is 4.25. The highest BCUT2D eigenvalue weighted by Crippen LogP contribution is 2.58. The van der Waals surface area contributed by atoms with Crippen molar-refractivity contribution in [3.05, 3.63) is 95.6 Å². The topological polar surface area (TPSA) is 70.9 Å². The lowest BCUT2D eigenvalue weighted by Gasteiger charge is -2.18. The van der Waals surface area contributed by atoms with Crippen molar-refractivity contribution in [1.82, 2.24) is 5.43 Å². The van der Waals surface area contributed by atoms with E-state index in [-0.39, 0.29) is 23.0 Å². The fourth-order valence-electron chi connectivity index (χ4n) is 3.99. The Labute approximate surface area is 176 Å². The van der Waals surface area contributed by atoms with E-state index in [0.29, 0.717) is 17.9 Å². The van der Waals surface area contributed by atoms with Gasteiger partial charge in [0.1, 0.15) is 11.5 Å². The fraction of sp³-hybridized carbons (Fsp3) is 0.200. The molecule has 1 fully saturated rings. The highest BCUT2D eigenvalue weighted by Gasteiger charge is 2.60. The zero-order chi connectivity index (χ0) is 21.0. The van der Waals surface area contributed by atoms with Crippen molar-refractivity contribution in [2.45, 2.75) is 18.8 Å². The largest absolute Gasteiger partial charge is 0.507 e. The predicted molar refractivity (Wildman–Crippen MR) is 117 cm³/mol. The van der Waals surface area contributed by atoms with E-state index in [4.69, 9.17) is 4.74 Å². The molecule has 152 valence electrons. The van der Waals surface area contributed by atoms with Crippen LogP contribution in [0, 0.1) is 5.92 Å². The SMILES string of the molecule is CCOc1ccc(O)c(/C=N/NC(=O)C2CC2(c2ccccc2)c2ccccc2)c1. The second kappa shape index (κ2) is 8.41. The number of benzene rings is 3. The van der Waals surface area contributed by atoms with Gasteiger partial charge >= 0.3 is 0 Å². The number of hydrazone groups is 1. The molecular formula is C25H24N2O3. The quantitative estimate of drug-likeness (QED) is 0.460. The maximum atomic E-state index is 12.9. The fourth-order valence-corrected chi connectivity index (χ4v) is 3.99. The van der Waals surface area contributed by atoms with Crippen LogP contribution in [0.5, 0.6) is 11.5 Å². The van der Waals surface area contributed by atoms with Gasteiger partial charge in [0, 0.05) is 11.0 Å². The smallest absolute Gasteiger partial charge is 0.244 e. The van der Waals surface area contributed by atoms with E-state index in [0.717, 1.165) is 17.5 Å². The number of nitrogens with one attached hydrogen (secondary N) is 1. The number of hydrogen-bond donors (Lipinski definition) is 2. The Morgan fingerprint density at radius 1 is 1.10 bits per heavy atom. The first-order chi connectivity index (χ1) is 14.6. The van der Waals surface area contributed by atoms with Gasteiger partial charge < -0.3 is 9.84 Å². The zero-order valence-corrected chi connectivity index (χ0v) is 16.8. The molecule has 30 heavy (non-hydrogen) atoms. The van der Waals surface area contributed by atoms with E-state index in [2.05, 4.69) is 34.8 Å². The van der Waals surface area contributed by atoms with Crippen molar-refractivity contribution in [3.63, 3.8) is 0 Å². The number of carbonyl (C=O) groups excluding carboxylic acids is 1. The van der Waals surface area contributed by atoms with Gasteiger partial charge in [0.25, 0.3) is 0 Å². The number of ether oxygens (including phenoxy) is 1. The molecule has 1 amide bonds. The second-order valence-corrected chi connectivity index (χ2v) is 7.35. The van der Waals surface area contributed by atoms with Crippen LogP contribution in [0.3, 0.4) is 0 Å². The Bertz CT molecular complexity index is 1010. The number of aromatic hydroxyl groups is 1. The molecule has 0 spiro atoms. The van der Waals surface area contributed by atoms with Crippen LogP contribution in [0.1, 0.15) is 30.0 Å². The van der Waals surface area contributed by atoms with Gasteiger partial charge in [0.2, 0.25) is 5.91 Å². The van der Waals surface area contributed by atoms with Crippen molar-refractivity contribution in [2.24, 2.45) is 11.0 Å². The first kappa shape index (κ1) is 19.7. The van der Waals surface area contributed by atoms with E-state index >= 15 is 0 Å². The minimum absolute atomic E-state index is 0.0748. The number of hydrogen-bond acceptors (Lipinski definition) is 4. The molecule has 0 saturated heterocycles. The maximum Gasteiger partial charge on any atom is 0.244 e. The molecule has 5 nitrogen and oxygen atoms in total. The van der Waals surface area contributed by atoms with E-state index in [9.17, 15) is 9.90 Å². The summed E-state index contributed by atoms with van der Waals surface area (Å²) in [5.74, 6) is 0.366. The molecular weight excluding hydrogens is 376 g/mol. The van der Waals surface area contributed by atoms with Crippen LogP contribution in [-0.2, 0) is 10.2 Å². The highest BCUT2D eigenvalue weighted by molar-refractivity contribution is 5.88. The minimum atomic E-state index is -0.334. The zero-order valence-electron chi connectivity index (χ0n) is 16.8. The number of rotatable bonds is 7. The summed E-state index contributed by atoms with van der Waals surface area (Å²) in [7, 11) is 0. The lowest BCUT2D eigenvalue weighted by atomic mass is 9.85. The van der Waals surface area contributed by atoms with Gasteiger partial charge in [-0.25, -0.2) is 5.43 Å². The number of phenolic OH excluding ortho intramolecular Hbond substituents is 1. The molecule has 0 aromatic heterocycles. The van der Waals surface area contributed by atoms with Crippen LogP contribution in [0.4, 0.5) is 0 Å². The van der Waals surface area contributed by atoms with Gasteiger partial charge in [0.15, 0.2) is 0 Å². The van der Waals surface area contributed by atoms with Crippen molar-refractivity contribution < 1.29 is 14.6 Å². The molecule has 4 rings (SSSR count). The molecule has 0 aliphatic heterocycles. The summed E-state index contributed by atoms with van der Waals surface area (Å²) in [6.07, 6.45) is 2.16. The van der Waals surface area contributed by atoms with E-state index in [1.807, 2.05) is 43.3 Å². The molecule has 1 aliphatic carbocycles. The third kappa shape index (κ3) is 3.79. The van der Waals surface area contributed by atoms with Gasteiger partial charge in [-0.05, 0) is 42.7 Å². The van der Waals surface area contributed by atoms with E-state index in [1.165, 1.54) is 6.21 Å². The number of phenols is 1. The summed E-state index contributed by atoms with van der Waals surface area (Å²) in [6, 6.07) is 25.2. The van der Waals surface area contributed by atoms with E-state index < -0.39 is 0 Å². The van der Waals surface area contributed by atoms with Crippen LogP contribution in [0.25, 0.3) is 0 Å². The van der Waals surface area contributed by atoms with Crippen LogP contribution in [0.15, 0.2) is 84.0 Å². The number of carbonyl (C=O) groups is 1. The summed E-state index contributed by atoms with van der Waals surface area (Å²) in [6.45, 7) is 2.42. The maximum absolute atomic E-state index is 12.9. The van der Waals surface area contributed by atoms with Crippen molar-refractivity contribution >= 4 is 12.1 Å². The lowest BCUT2D eigenvalue weighted by molar-refractivity contribution is -0.122. The Balaban J connectivity index is 1.52. The van der Waals surface area contributed by atoms with Crippen molar-refractivity contribution in [2.75, 3.05) is 6.61 Å². The van der Waals surface area contributed by atoms with Gasteiger partial charge in [-0.15, -0.1) is 0 Å².